The third kappa shape index (κ3) is 2.79. The molecule has 1 fully saturated rings. The Bertz CT molecular complexity index is 1240. The van der Waals surface area contributed by atoms with E-state index in [2.05, 4.69) is 21.2 Å². The summed E-state index contributed by atoms with van der Waals surface area (Å²) in [7, 11) is 0. The lowest BCUT2D eigenvalue weighted by Gasteiger charge is -2.23. The maximum absolute atomic E-state index is 13.7. The first-order valence-electron chi connectivity index (χ1n) is 10.3. The van der Waals surface area contributed by atoms with Gasteiger partial charge in [0.25, 0.3) is 0 Å². The fraction of sp³-hybridized carbons (Fsp3) is 0.192. The Hall–Kier alpha value is -3.25. The van der Waals surface area contributed by atoms with Crippen LogP contribution in [0.3, 0.4) is 0 Å². The molecular formula is C26H20BrNO4. The lowest BCUT2D eigenvalue weighted by molar-refractivity contribution is -0.149. The highest BCUT2D eigenvalue weighted by molar-refractivity contribution is 9.10. The summed E-state index contributed by atoms with van der Waals surface area (Å²) < 4.78 is 6.41. The van der Waals surface area contributed by atoms with Gasteiger partial charge in [0.2, 0.25) is 5.91 Å². The summed E-state index contributed by atoms with van der Waals surface area (Å²) in [5.41, 5.74) is -0.844. The van der Waals surface area contributed by atoms with Crippen molar-refractivity contribution in [1.29, 1.82) is 0 Å². The van der Waals surface area contributed by atoms with Crippen molar-refractivity contribution >= 4 is 33.6 Å². The van der Waals surface area contributed by atoms with Gasteiger partial charge in [-0.15, -0.1) is 0 Å². The Balaban J connectivity index is 1.59. The van der Waals surface area contributed by atoms with Crippen LogP contribution < -0.4 is 10.1 Å². The molecule has 6 heteroatoms. The van der Waals surface area contributed by atoms with Crippen molar-refractivity contribution in [3.63, 3.8) is 0 Å². The molecule has 1 amide bonds. The van der Waals surface area contributed by atoms with E-state index in [1.54, 1.807) is 43.3 Å². The molecule has 1 aliphatic carbocycles. The van der Waals surface area contributed by atoms with Crippen molar-refractivity contribution in [3.05, 3.63) is 100 Å². The van der Waals surface area contributed by atoms with Gasteiger partial charge in [-0.2, -0.15) is 0 Å². The minimum absolute atomic E-state index is 0.247. The molecule has 0 radical (unpaired) electrons. The summed E-state index contributed by atoms with van der Waals surface area (Å²) in [4.78, 5) is 40.7. The van der Waals surface area contributed by atoms with Gasteiger partial charge in [-0.05, 0) is 30.7 Å². The molecule has 0 bridgehead atoms. The Labute approximate surface area is 193 Å². The SMILES string of the molecule is C[C@]1(C(=O)c2ccccc2)[C@@H]2c3cc(Br)ccc3OC(=O)[C@@]21C(=O)NCc1ccccc1. The molecule has 5 rings (SSSR count). The third-order valence-corrected chi connectivity index (χ3v) is 7.21. The van der Waals surface area contributed by atoms with Crippen molar-refractivity contribution in [2.24, 2.45) is 10.8 Å². The first kappa shape index (κ1) is 20.6. The van der Waals surface area contributed by atoms with E-state index in [-0.39, 0.29) is 12.3 Å². The van der Waals surface area contributed by atoms with E-state index in [0.717, 1.165) is 10.0 Å². The lowest BCUT2D eigenvalue weighted by atomic mass is 9.86. The first-order valence-corrected chi connectivity index (χ1v) is 11.1. The molecule has 1 saturated carbocycles. The van der Waals surface area contributed by atoms with Gasteiger partial charge >= 0.3 is 5.97 Å². The van der Waals surface area contributed by atoms with Gasteiger partial charge < -0.3 is 10.1 Å². The largest absolute Gasteiger partial charge is 0.425 e. The van der Waals surface area contributed by atoms with E-state index in [1.165, 1.54) is 0 Å². The van der Waals surface area contributed by atoms with Crippen LogP contribution in [0.2, 0.25) is 0 Å². The second kappa shape index (κ2) is 7.41. The molecule has 3 aromatic rings. The molecule has 0 spiro atoms. The Kier molecular flexibility index (Phi) is 4.78. The zero-order valence-electron chi connectivity index (χ0n) is 17.3. The number of hydrogen-bond acceptors (Lipinski definition) is 4. The number of halogens is 1. The van der Waals surface area contributed by atoms with Crippen LogP contribution in [0, 0.1) is 10.8 Å². The van der Waals surface area contributed by atoms with Crippen LogP contribution >= 0.6 is 15.9 Å². The molecule has 0 aromatic heterocycles. The zero-order chi connectivity index (χ0) is 22.5. The number of ether oxygens (including phenoxy) is 1. The summed E-state index contributed by atoms with van der Waals surface area (Å²) in [6.45, 7) is 1.95. The number of amides is 1. The number of fused-ring (bicyclic) bond motifs is 3. The Morgan fingerprint density at radius 2 is 1.66 bits per heavy atom. The fourth-order valence-electron chi connectivity index (χ4n) is 5.09. The molecule has 0 unspecified atom stereocenters. The molecule has 3 atom stereocenters. The van der Waals surface area contributed by atoms with Crippen molar-refractivity contribution < 1.29 is 19.1 Å². The molecule has 1 heterocycles. The number of carbonyl (C=O) groups is 3. The predicted octanol–water partition coefficient (Wildman–Crippen LogP) is 4.66. The molecule has 32 heavy (non-hydrogen) atoms. The van der Waals surface area contributed by atoms with Crippen LogP contribution in [0.15, 0.2) is 83.3 Å². The molecule has 160 valence electrons. The highest BCUT2D eigenvalue weighted by atomic mass is 79.9. The summed E-state index contributed by atoms with van der Waals surface area (Å²) in [5.74, 6) is -1.65. The fourth-order valence-corrected chi connectivity index (χ4v) is 5.47. The average molecular weight is 490 g/mol. The lowest BCUT2D eigenvalue weighted by Crippen LogP contribution is -2.45. The van der Waals surface area contributed by atoms with Crippen LogP contribution in [-0.4, -0.2) is 17.7 Å². The standard InChI is InChI=1S/C26H20BrNO4/c1-25(22(29)17-10-6-3-7-11-17)21-19-14-18(27)12-13-20(19)32-24(31)26(21,25)23(30)28-15-16-8-4-2-5-9-16/h2-14,21H,15H2,1H3,(H,28,30)/t21-,25+,26-/m0/s1. The van der Waals surface area contributed by atoms with Crippen molar-refractivity contribution in [2.75, 3.05) is 0 Å². The highest BCUT2D eigenvalue weighted by Gasteiger charge is 2.88. The normalized spacial score (nSPS) is 25.2. The van der Waals surface area contributed by atoms with Crippen molar-refractivity contribution in [3.8, 4) is 5.75 Å². The van der Waals surface area contributed by atoms with E-state index < -0.39 is 28.6 Å². The smallest absolute Gasteiger partial charge is 0.328 e. The summed E-state index contributed by atoms with van der Waals surface area (Å²) in [6, 6.07) is 23.5. The van der Waals surface area contributed by atoms with E-state index >= 15 is 0 Å². The number of esters is 1. The highest BCUT2D eigenvalue weighted by Crippen LogP contribution is 2.78. The summed E-state index contributed by atoms with van der Waals surface area (Å²) in [5, 5.41) is 2.88. The number of nitrogens with one attached hydrogen (secondary N) is 1. The summed E-state index contributed by atoms with van der Waals surface area (Å²) >= 11 is 3.46. The molecule has 0 saturated heterocycles. The number of rotatable bonds is 5. The van der Waals surface area contributed by atoms with Gasteiger partial charge in [0, 0.05) is 28.1 Å². The minimum Gasteiger partial charge on any atom is -0.425 e. The quantitative estimate of drug-likeness (QED) is 0.245. The topological polar surface area (TPSA) is 72.5 Å². The number of ketones is 1. The van der Waals surface area contributed by atoms with Crippen LogP contribution in [0.5, 0.6) is 5.75 Å². The van der Waals surface area contributed by atoms with Gasteiger partial charge in [0.15, 0.2) is 11.2 Å². The average Bonchev–Trinajstić information content (AvgIpc) is 3.42. The zero-order valence-corrected chi connectivity index (χ0v) is 18.9. The number of benzene rings is 3. The first-order chi connectivity index (χ1) is 15.4. The maximum atomic E-state index is 13.7. The molecule has 5 nitrogen and oxygen atoms in total. The minimum atomic E-state index is -1.62. The van der Waals surface area contributed by atoms with E-state index in [9.17, 15) is 14.4 Å². The van der Waals surface area contributed by atoms with Gasteiger partial charge in [0.1, 0.15) is 5.75 Å². The molecular weight excluding hydrogens is 470 g/mol. The maximum Gasteiger partial charge on any atom is 0.328 e. The van der Waals surface area contributed by atoms with E-state index in [0.29, 0.717) is 16.9 Å². The van der Waals surface area contributed by atoms with E-state index in [4.69, 9.17) is 4.74 Å². The van der Waals surface area contributed by atoms with Crippen LogP contribution in [0.25, 0.3) is 0 Å². The third-order valence-electron chi connectivity index (χ3n) is 6.72. The monoisotopic (exact) mass is 489 g/mol. The van der Waals surface area contributed by atoms with Crippen molar-refractivity contribution in [2.45, 2.75) is 19.4 Å². The molecule has 1 N–H and O–H groups in total. The number of hydrogen-bond donors (Lipinski definition) is 1. The molecule has 1 aliphatic heterocycles. The van der Waals surface area contributed by atoms with Gasteiger partial charge in [-0.25, -0.2) is 0 Å². The van der Waals surface area contributed by atoms with Crippen LogP contribution in [-0.2, 0) is 16.1 Å². The van der Waals surface area contributed by atoms with E-state index in [1.807, 2.05) is 42.5 Å². The Morgan fingerprint density at radius 3 is 2.34 bits per heavy atom. The van der Waals surface area contributed by atoms with Crippen LogP contribution in [0.1, 0.15) is 34.3 Å². The summed E-state index contributed by atoms with van der Waals surface area (Å²) in [6.07, 6.45) is 0. The number of Topliss-reactive ketones (excluding diaryl/α,β-unsaturated/α-hetero) is 1. The van der Waals surface area contributed by atoms with Gasteiger partial charge in [-0.3, -0.25) is 14.4 Å². The van der Waals surface area contributed by atoms with Gasteiger partial charge in [0.05, 0.1) is 5.41 Å². The van der Waals surface area contributed by atoms with Gasteiger partial charge in [-0.1, -0.05) is 76.6 Å². The number of carbonyl (C=O) groups excluding carboxylic acids is 3. The molecule has 3 aromatic carbocycles. The second-order valence-corrected chi connectivity index (χ2v) is 9.29. The predicted molar refractivity (Wildman–Crippen MR) is 122 cm³/mol. The van der Waals surface area contributed by atoms with Crippen molar-refractivity contribution in [1.82, 2.24) is 5.32 Å². The Morgan fingerprint density at radius 1 is 1.00 bits per heavy atom. The second-order valence-electron chi connectivity index (χ2n) is 8.38. The van der Waals surface area contributed by atoms with Crippen LogP contribution in [0.4, 0.5) is 0 Å². The molecule has 2 aliphatic rings.